The van der Waals surface area contributed by atoms with Gasteiger partial charge in [-0.15, -0.1) is 0 Å². The van der Waals surface area contributed by atoms with Gasteiger partial charge < -0.3 is 0 Å². The van der Waals surface area contributed by atoms with Crippen LogP contribution in [0.2, 0.25) is 0 Å². The Morgan fingerprint density at radius 2 is 1.26 bits per heavy atom. The normalized spacial score (nSPS) is 15.2. The highest BCUT2D eigenvalue weighted by Crippen LogP contribution is 2.22. The second-order valence-electron chi connectivity index (χ2n) is 4.77. The molecule has 1 aliphatic rings. The molecule has 0 N–H and O–H groups in total. The number of benzene rings is 1. The molecular weight excluding hydrogens is 248 g/mol. The van der Waals surface area contributed by atoms with Crippen molar-refractivity contribution in [2.75, 3.05) is 0 Å². The molecule has 0 heterocycles. The van der Waals surface area contributed by atoms with Crippen molar-refractivity contribution < 1.29 is 9.85 Å². The Labute approximate surface area is 111 Å². The topological polar surface area (TPSA) is 86.3 Å². The molecule has 0 bridgehead atoms. The molecule has 2 rings (SSSR count). The summed E-state index contributed by atoms with van der Waals surface area (Å²) in [5.41, 5.74) is -0.304. The van der Waals surface area contributed by atoms with Gasteiger partial charge in [0.05, 0.1) is 9.85 Å². The molecule has 6 heteroatoms. The van der Waals surface area contributed by atoms with Gasteiger partial charge in [-0.05, 0) is 5.92 Å². The zero-order chi connectivity index (χ0) is 14.3. The zero-order valence-corrected chi connectivity index (χ0v) is 10.9. The number of hydrogen-bond donors (Lipinski definition) is 0. The van der Waals surface area contributed by atoms with Gasteiger partial charge in [0, 0.05) is 24.3 Å². The van der Waals surface area contributed by atoms with Crippen molar-refractivity contribution in [3.63, 3.8) is 0 Å². The number of non-ortho nitro benzene ring substituents is 2. The summed E-state index contributed by atoms with van der Waals surface area (Å²) in [5, 5.41) is 20.2. The molecule has 1 aliphatic carbocycles. The largest absolute Gasteiger partial charge is 0.269 e. The Bertz CT molecular complexity index is 392. The van der Waals surface area contributed by atoms with E-state index in [1.54, 1.807) is 0 Å². The highest BCUT2D eigenvalue weighted by molar-refractivity contribution is 5.39. The van der Waals surface area contributed by atoms with Crippen molar-refractivity contribution in [3.05, 3.63) is 44.5 Å². The number of nitro groups is 2. The van der Waals surface area contributed by atoms with Crippen LogP contribution < -0.4 is 0 Å². The van der Waals surface area contributed by atoms with E-state index in [-0.39, 0.29) is 11.4 Å². The van der Waals surface area contributed by atoms with E-state index >= 15 is 0 Å². The van der Waals surface area contributed by atoms with Gasteiger partial charge in [-0.3, -0.25) is 20.2 Å². The van der Waals surface area contributed by atoms with Gasteiger partial charge in [0.25, 0.3) is 11.4 Å². The minimum atomic E-state index is -0.607. The van der Waals surface area contributed by atoms with Crippen LogP contribution in [0.5, 0.6) is 0 Å². The van der Waals surface area contributed by atoms with Crippen LogP contribution in [0.3, 0.4) is 0 Å². The molecular formula is C13H18N2O4. The molecule has 0 saturated heterocycles. The van der Waals surface area contributed by atoms with E-state index in [9.17, 15) is 20.2 Å². The van der Waals surface area contributed by atoms with Gasteiger partial charge in [0.1, 0.15) is 0 Å². The average molecular weight is 266 g/mol. The van der Waals surface area contributed by atoms with Gasteiger partial charge in [-0.25, -0.2) is 0 Å². The second-order valence-corrected chi connectivity index (χ2v) is 4.77. The third kappa shape index (κ3) is 5.46. The first-order chi connectivity index (χ1) is 9.00. The monoisotopic (exact) mass is 266 g/mol. The fourth-order valence-corrected chi connectivity index (χ4v) is 2.00. The fraction of sp³-hybridized carbons (Fsp3) is 0.538. The summed E-state index contributed by atoms with van der Waals surface area (Å²) in [6, 6.07) is 4.38. The molecule has 0 aliphatic heterocycles. The SMILES string of the molecule is CC1CCCCC1.O=[N+]([O-])c1ccc([N+](=O)[O-])cc1. The molecule has 0 radical (unpaired) electrons. The summed E-state index contributed by atoms with van der Waals surface area (Å²) in [6.45, 7) is 2.36. The molecule has 104 valence electrons. The molecule has 0 atom stereocenters. The summed E-state index contributed by atoms with van der Waals surface area (Å²) < 4.78 is 0. The van der Waals surface area contributed by atoms with Crippen molar-refractivity contribution in [3.8, 4) is 0 Å². The first-order valence-electron chi connectivity index (χ1n) is 6.39. The van der Waals surface area contributed by atoms with Crippen LogP contribution in [0.25, 0.3) is 0 Å². The van der Waals surface area contributed by atoms with E-state index in [4.69, 9.17) is 0 Å². The standard InChI is InChI=1S/C7H14.C6H4N2O4/c1-7-5-3-2-4-6-7;9-7(10)5-1-2-6(4-3-5)8(11)12/h7H,2-6H2,1H3;1-4H. The molecule has 0 unspecified atom stereocenters. The number of hydrogen-bond acceptors (Lipinski definition) is 4. The summed E-state index contributed by atoms with van der Waals surface area (Å²) in [7, 11) is 0. The van der Waals surface area contributed by atoms with Crippen LogP contribution in [-0.4, -0.2) is 9.85 Å². The van der Waals surface area contributed by atoms with Crippen LogP contribution in [0.15, 0.2) is 24.3 Å². The lowest BCUT2D eigenvalue weighted by molar-refractivity contribution is -0.389. The predicted octanol–water partition coefficient (Wildman–Crippen LogP) is 4.09. The molecule has 1 aromatic rings. The molecule has 0 spiro atoms. The third-order valence-corrected chi connectivity index (χ3v) is 3.17. The van der Waals surface area contributed by atoms with Crippen molar-refractivity contribution in [1.29, 1.82) is 0 Å². The Balaban J connectivity index is 0.000000218. The maximum absolute atomic E-state index is 10.1. The lowest BCUT2D eigenvalue weighted by atomic mass is 9.91. The smallest absolute Gasteiger partial charge is 0.258 e. The van der Waals surface area contributed by atoms with Gasteiger partial charge in [-0.1, -0.05) is 39.0 Å². The van der Waals surface area contributed by atoms with E-state index in [0.29, 0.717) is 0 Å². The maximum Gasteiger partial charge on any atom is 0.269 e. The van der Waals surface area contributed by atoms with Crippen LogP contribution in [0.4, 0.5) is 11.4 Å². The maximum atomic E-state index is 10.1. The lowest BCUT2D eigenvalue weighted by Gasteiger charge is -2.15. The highest BCUT2D eigenvalue weighted by atomic mass is 16.6. The van der Waals surface area contributed by atoms with E-state index in [1.807, 2.05) is 0 Å². The Hall–Kier alpha value is -1.98. The van der Waals surface area contributed by atoms with Crippen molar-refractivity contribution in [1.82, 2.24) is 0 Å². The van der Waals surface area contributed by atoms with Crippen LogP contribution in [0.1, 0.15) is 39.0 Å². The van der Waals surface area contributed by atoms with E-state index < -0.39 is 9.85 Å². The molecule has 0 amide bonds. The Morgan fingerprint density at radius 3 is 1.47 bits per heavy atom. The molecule has 1 saturated carbocycles. The van der Waals surface area contributed by atoms with Gasteiger partial charge in [0.15, 0.2) is 0 Å². The van der Waals surface area contributed by atoms with Gasteiger partial charge in [-0.2, -0.15) is 0 Å². The van der Waals surface area contributed by atoms with E-state index in [0.717, 1.165) is 30.2 Å². The number of nitro benzene ring substituents is 2. The summed E-state index contributed by atoms with van der Waals surface area (Å²) in [6.07, 6.45) is 7.44. The minimum absolute atomic E-state index is 0.152. The highest BCUT2D eigenvalue weighted by Gasteiger charge is 2.09. The Kier molecular flexibility index (Phi) is 5.92. The van der Waals surface area contributed by atoms with E-state index in [1.165, 1.54) is 32.1 Å². The molecule has 1 fully saturated rings. The molecule has 0 aromatic heterocycles. The quantitative estimate of drug-likeness (QED) is 0.595. The van der Waals surface area contributed by atoms with Crippen molar-refractivity contribution >= 4 is 11.4 Å². The van der Waals surface area contributed by atoms with Crippen LogP contribution in [0, 0.1) is 26.1 Å². The first kappa shape index (κ1) is 15.1. The molecule has 1 aromatic carbocycles. The predicted molar refractivity (Wildman–Crippen MR) is 72.0 cm³/mol. The van der Waals surface area contributed by atoms with E-state index in [2.05, 4.69) is 6.92 Å². The summed E-state index contributed by atoms with van der Waals surface area (Å²) in [4.78, 5) is 19.0. The van der Waals surface area contributed by atoms with Crippen molar-refractivity contribution in [2.24, 2.45) is 5.92 Å². The number of rotatable bonds is 2. The van der Waals surface area contributed by atoms with Gasteiger partial charge in [0.2, 0.25) is 0 Å². The third-order valence-electron chi connectivity index (χ3n) is 3.17. The lowest BCUT2D eigenvalue weighted by Crippen LogP contribution is -1.99. The molecule has 6 nitrogen and oxygen atoms in total. The second kappa shape index (κ2) is 7.45. The minimum Gasteiger partial charge on any atom is -0.258 e. The van der Waals surface area contributed by atoms with Crippen LogP contribution in [-0.2, 0) is 0 Å². The summed E-state index contributed by atoms with van der Waals surface area (Å²) >= 11 is 0. The summed E-state index contributed by atoms with van der Waals surface area (Å²) in [5.74, 6) is 1.04. The number of nitrogens with zero attached hydrogens (tertiary/aromatic N) is 2. The van der Waals surface area contributed by atoms with Gasteiger partial charge >= 0.3 is 0 Å². The Morgan fingerprint density at radius 1 is 0.895 bits per heavy atom. The zero-order valence-electron chi connectivity index (χ0n) is 10.9. The first-order valence-corrected chi connectivity index (χ1v) is 6.39. The van der Waals surface area contributed by atoms with Crippen molar-refractivity contribution in [2.45, 2.75) is 39.0 Å². The average Bonchev–Trinajstić information content (AvgIpc) is 2.40. The fourth-order valence-electron chi connectivity index (χ4n) is 2.00. The molecule has 19 heavy (non-hydrogen) atoms. The van der Waals surface area contributed by atoms with Crippen LogP contribution >= 0.6 is 0 Å².